The van der Waals surface area contributed by atoms with Gasteiger partial charge in [-0.25, -0.2) is 0 Å². The molecule has 4 N–H and O–H groups in total. The fourth-order valence-electron chi connectivity index (χ4n) is 2.92. The first-order valence-corrected chi connectivity index (χ1v) is 11.1. The maximum atomic E-state index is 13.0. The molecule has 2 aromatic rings. The summed E-state index contributed by atoms with van der Waals surface area (Å²) in [5.41, 5.74) is 5.68. The molecule has 0 heterocycles. The molecule has 2 rings (SSSR count). The zero-order valence-electron chi connectivity index (χ0n) is 18.3. The quantitative estimate of drug-likeness (QED) is 0.239. The van der Waals surface area contributed by atoms with Crippen LogP contribution in [0.15, 0.2) is 36.4 Å². The Balaban J connectivity index is 2.17. The number of rotatable bonds is 11. The van der Waals surface area contributed by atoms with E-state index in [9.17, 15) is 19.7 Å². The van der Waals surface area contributed by atoms with E-state index in [2.05, 4.69) is 10.6 Å². The van der Waals surface area contributed by atoms with E-state index in [4.69, 9.17) is 33.7 Å². The highest BCUT2D eigenvalue weighted by atomic mass is 35.5. The number of nitrogens with two attached hydrogens (primary N) is 1. The maximum Gasteiger partial charge on any atom is 0.271 e. The Morgan fingerprint density at radius 2 is 1.88 bits per heavy atom. The molecule has 178 valence electrons. The molecule has 2 aromatic carbocycles. The summed E-state index contributed by atoms with van der Waals surface area (Å²) < 4.78 is 5.71. The number of nitro groups is 1. The molecule has 0 radical (unpaired) electrons. The lowest BCUT2D eigenvalue weighted by Crippen LogP contribution is -2.47. The Labute approximate surface area is 201 Å². The minimum absolute atomic E-state index is 0.00869. The van der Waals surface area contributed by atoms with Gasteiger partial charge in [-0.3, -0.25) is 19.7 Å². The summed E-state index contributed by atoms with van der Waals surface area (Å²) in [6.07, 6.45) is 1.52. The van der Waals surface area contributed by atoms with Gasteiger partial charge in [0.25, 0.3) is 11.6 Å². The fourth-order valence-corrected chi connectivity index (χ4v) is 3.31. The van der Waals surface area contributed by atoms with Gasteiger partial charge in [-0.2, -0.15) is 0 Å². The Morgan fingerprint density at radius 3 is 2.48 bits per heavy atom. The van der Waals surface area contributed by atoms with Crippen LogP contribution in [0, 0.1) is 16.0 Å². The number of halogens is 2. The van der Waals surface area contributed by atoms with Crippen molar-refractivity contribution in [3.63, 3.8) is 0 Å². The molecule has 0 aromatic heterocycles. The lowest BCUT2D eigenvalue weighted by molar-refractivity contribution is -0.384. The first-order valence-electron chi connectivity index (χ1n) is 10.3. The van der Waals surface area contributed by atoms with E-state index in [1.165, 1.54) is 18.2 Å². The Bertz CT molecular complexity index is 1020. The van der Waals surface area contributed by atoms with Crippen LogP contribution in [0.1, 0.15) is 37.0 Å². The summed E-state index contributed by atoms with van der Waals surface area (Å²) in [5.74, 6) is -0.995. The largest absolute Gasteiger partial charge is 0.493 e. The van der Waals surface area contributed by atoms with Gasteiger partial charge in [0, 0.05) is 17.2 Å². The molecule has 0 aliphatic rings. The maximum absolute atomic E-state index is 13.0. The first-order chi connectivity index (χ1) is 15.6. The molecule has 0 aliphatic heterocycles. The van der Waals surface area contributed by atoms with Crippen LogP contribution in [-0.2, 0) is 4.79 Å². The number of anilines is 1. The molecule has 0 unspecified atom stereocenters. The van der Waals surface area contributed by atoms with Gasteiger partial charge in [0.1, 0.15) is 11.8 Å². The lowest BCUT2D eigenvalue weighted by Gasteiger charge is -2.23. The van der Waals surface area contributed by atoms with E-state index < -0.39 is 22.8 Å². The van der Waals surface area contributed by atoms with Crippen molar-refractivity contribution in [2.75, 3.05) is 18.5 Å². The number of benzene rings is 2. The minimum Gasteiger partial charge on any atom is -0.493 e. The van der Waals surface area contributed by atoms with Gasteiger partial charge < -0.3 is 21.1 Å². The Kier molecular flexibility index (Phi) is 9.90. The third-order valence-electron chi connectivity index (χ3n) is 4.70. The number of carbonyl (C=O) groups is 2. The molecular formula is C22H26Cl2N4O5. The number of amides is 2. The number of unbranched alkanes of at least 4 members (excludes halogenated alkanes) is 1. The molecular weight excluding hydrogens is 471 g/mol. The van der Waals surface area contributed by atoms with E-state index in [1.807, 2.05) is 0 Å². The van der Waals surface area contributed by atoms with Crippen molar-refractivity contribution in [2.45, 2.75) is 32.7 Å². The SMILES string of the molecule is CC(C)[C@H](NC(=O)c1cc(Cl)ccc1OCCCCN)C(=O)Nc1ccc([N+](=O)[O-])cc1Cl. The molecule has 0 fully saturated rings. The second-order valence-corrected chi connectivity index (χ2v) is 8.43. The molecule has 33 heavy (non-hydrogen) atoms. The minimum atomic E-state index is -0.923. The molecule has 0 saturated carbocycles. The van der Waals surface area contributed by atoms with Crippen LogP contribution in [0.5, 0.6) is 5.75 Å². The van der Waals surface area contributed by atoms with Crippen LogP contribution < -0.4 is 21.1 Å². The summed E-state index contributed by atoms with van der Waals surface area (Å²) in [6, 6.07) is 7.46. The third-order valence-corrected chi connectivity index (χ3v) is 5.25. The van der Waals surface area contributed by atoms with Gasteiger partial charge in [-0.1, -0.05) is 37.0 Å². The van der Waals surface area contributed by atoms with Crippen molar-refractivity contribution in [1.82, 2.24) is 5.32 Å². The molecule has 2 amide bonds. The smallest absolute Gasteiger partial charge is 0.271 e. The van der Waals surface area contributed by atoms with Crippen molar-refractivity contribution >= 4 is 46.4 Å². The number of nitrogens with zero attached hydrogens (tertiary/aromatic N) is 1. The number of carbonyl (C=O) groups excluding carboxylic acids is 2. The Morgan fingerprint density at radius 1 is 1.15 bits per heavy atom. The number of ether oxygens (including phenoxy) is 1. The number of hydrogen-bond acceptors (Lipinski definition) is 6. The lowest BCUT2D eigenvalue weighted by atomic mass is 10.0. The predicted molar refractivity (Wildman–Crippen MR) is 128 cm³/mol. The highest BCUT2D eigenvalue weighted by Crippen LogP contribution is 2.27. The molecule has 0 bridgehead atoms. The molecule has 9 nitrogen and oxygen atoms in total. The zero-order valence-corrected chi connectivity index (χ0v) is 19.8. The van der Waals surface area contributed by atoms with E-state index >= 15 is 0 Å². The zero-order chi connectivity index (χ0) is 24.5. The normalized spacial score (nSPS) is 11.7. The average molecular weight is 497 g/mol. The monoisotopic (exact) mass is 496 g/mol. The van der Waals surface area contributed by atoms with Crippen molar-refractivity contribution in [2.24, 2.45) is 11.7 Å². The van der Waals surface area contributed by atoms with E-state index in [1.54, 1.807) is 26.0 Å². The summed E-state index contributed by atoms with van der Waals surface area (Å²) in [5, 5.41) is 16.6. The summed E-state index contributed by atoms with van der Waals surface area (Å²) in [4.78, 5) is 36.2. The standard InChI is InChI=1S/C22H26Cl2N4O5/c1-13(2)20(22(30)26-18-7-6-15(28(31)32)12-17(18)24)27-21(29)16-11-14(23)5-8-19(16)33-10-4-3-9-25/h5-8,11-13,20H,3-4,9-10,25H2,1-2H3,(H,26,30)(H,27,29)/t20-/m0/s1. The average Bonchev–Trinajstić information content (AvgIpc) is 2.76. The van der Waals surface area contributed by atoms with E-state index in [0.717, 1.165) is 18.9 Å². The van der Waals surface area contributed by atoms with E-state index in [-0.39, 0.29) is 27.9 Å². The third kappa shape index (κ3) is 7.59. The van der Waals surface area contributed by atoms with Gasteiger partial charge in [-0.05, 0) is 49.6 Å². The van der Waals surface area contributed by atoms with Crippen LogP contribution in [0.3, 0.4) is 0 Å². The number of hydrogen-bond donors (Lipinski definition) is 3. The first kappa shape index (κ1) is 26.4. The number of nitro benzene ring substituents is 1. The van der Waals surface area contributed by atoms with Gasteiger partial charge in [-0.15, -0.1) is 0 Å². The van der Waals surface area contributed by atoms with Gasteiger partial charge in [0.05, 0.1) is 27.8 Å². The van der Waals surface area contributed by atoms with Crippen molar-refractivity contribution in [3.05, 3.63) is 62.1 Å². The number of nitrogens with one attached hydrogen (secondary N) is 2. The van der Waals surface area contributed by atoms with Gasteiger partial charge in [0.15, 0.2) is 0 Å². The Hall–Kier alpha value is -2.88. The molecule has 1 atom stereocenters. The predicted octanol–water partition coefficient (Wildman–Crippen LogP) is 4.41. The highest BCUT2D eigenvalue weighted by Gasteiger charge is 2.27. The highest BCUT2D eigenvalue weighted by molar-refractivity contribution is 6.34. The van der Waals surface area contributed by atoms with Crippen molar-refractivity contribution in [3.8, 4) is 5.75 Å². The van der Waals surface area contributed by atoms with Crippen molar-refractivity contribution in [1.29, 1.82) is 0 Å². The van der Waals surface area contributed by atoms with E-state index in [0.29, 0.717) is 23.9 Å². The molecule has 11 heteroatoms. The molecule has 0 aliphatic carbocycles. The van der Waals surface area contributed by atoms with Crippen LogP contribution in [0.2, 0.25) is 10.0 Å². The van der Waals surface area contributed by atoms with Crippen LogP contribution in [-0.4, -0.2) is 35.9 Å². The fraction of sp³-hybridized carbons (Fsp3) is 0.364. The van der Waals surface area contributed by atoms with Gasteiger partial charge >= 0.3 is 0 Å². The second-order valence-electron chi connectivity index (χ2n) is 7.59. The molecule has 0 saturated heterocycles. The summed E-state index contributed by atoms with van der Waals surface area (Å²) in [7, 11) is 0. The second kappa shape index (κ2) is 12.4. The van der Waals surface area contributed by atoms with Gasteiger partial charge in [0.2, 0.25) is 5.91 Å². The van der Waals surface area contributed by atoms with Crippen LogP contribution >= 0.6 is 23.2 Å². The topological polar surface area (TPSA) is 137 Å². The molecule has 0 spiro atoms. The summed E-state index contributed by atoms with van der Waals surface area (Å²) >= 11 is 12.1. The van der Waals surface area contributed by atoms with Crippen molar-refractivity contribution < 1.29 is 19.2 Å². The number of non-ortho nitro benzene ring substituents is 1. The van der Waals surface area contributed by atoms with Crippen LogP contribution in [0.25, 0.3) is 0 Å². The van der Waals surface area contributed by atoms with Crippen LogP contribution in [0.4, 0.5) is 11.4 Å². The summed E-state index contributed by atoms with van der Waals surface area (Å²) in [6.45, 7) is 4.46.